The second kappa shape index (κ2) is 11.5. The zero-order valence-corrected chi connectivity index (χ0v) is 17.6. The highest BCUT2D eigenvalue weighted by Crippen LogP contribution is 2.14. The summed E-state index contributed by atoms with van der Waals surface area (Å²) < 4.78 is 18.9. The van der Waals surface area contributed by atoms with Gasteiger partial charge in [0.1, 0.15) is 17.7 Å². The van der Waals surface area contributed by atoms with Crippen molar-refractivity contribution in [1.82, 2.24) is 15.5 Å². The lowest BCUT2D eigenvalue weighted by Gasteiger charge is -2.21. The summed E-state index contributed by atoms with van der Waals surface area (Å²) in [6.45, 7) is 7.35. The lowest BCUT2D eigenvalue weighted by molar-refractivity contribution is 0.229. The van der Waals surface area contributed by atoms with Gasteiger partial charge < -0.3 is 20.3 Å². The first kappa shape index (κ1) is 22.0. The molecule has 2 N–H and O–H groups in total. The fourth-order valence-electron chi connectivity index (χ4n) is 2.82. The van der Waals surface area contributed by atoms with Crippen molar-refractivity contribution in [2.75, 3.05) is 33.2 Å². The summed E-state index contributed by atoms with van der Waals surface area (Å²) in [5.41, 5.74) is 0. The molecule has 0 saturated carbocycles. The van der Waals surface area contributed by atoms with E-state index < -0.39 is 0 Å². The van der Waals surface area contributed by atoms with Crippen LogP contribution in [-0.2, 0) is 0 Å². The molecule has 1 aliphatic heterocycles. The molecule has 142 valence electrons. The van der Waals surface area contributed by atoms with Gasteiger partial charge in [-0.05, 0) is 52.4 Å². The molecule has 2 rings (SSSR count). The van der Waals surface area contributed by atoms with Gasteiger partial charge in [-0.15, -0.1) is 24.0 Å². The molecule has 0 spiro atoms. The van der Waals surface area contributed by atoms with E-state index in [1.54, 1.807) is 12.1 Å². The zero-order valence-electron chi connectivity index (χ0n) is 15.3. The van der Waals surface area contributed by atoms with Crippen molar-refractivity contribution < 1.29 is 9.13 Å². The molecule has 5 nitrogen and oxygen atoms in total. The molecule has 1 aromatic carbocycles. The Balaban J connectivity index is 0.00000312. The predicted octanol–water partition coefficient (Wildman–Crippen LogP) is 2.86. The minimum atomic E-state index is -0.293. The van der Waals surface area contributed by atoms with E-state index in [0.717, 1.165) is 19.0 Å². The lowest BCUT2D eigenvalue weighted by atomic mass is 10.2. The average molecular weight is 464 g/mol. The Morgan fingerprint density at radius 3 is 2.88 bits per heavy atom. The SMILES string of the molecule is CCNC(=NCC(C)Oc1cccc(F)c1)NCC1CCCN1C.I. The first-order chi connectivity index (χ1) is 11.6. The summed E-state index contributed by atoms with van der Waals surface area (Å²) in [5, 5.41) is 6.66. The van der Waals surface area contributed by atoms with Crippen LogP contribution in [0.2, 0.25) is 0 Å². The fraction of sp³-hybridized carbons (Fsp3) is 0.611. The third kappa shape index (κ3) is 7.77. The van der Waals surface area contributed by atoms with Crippen LogP contribution in [0.3, 0.4) is 0 Å². The molecular formula is C18H30FIN4O. The van der Waals surface area contributed by atoms with Crippen LogP contribution in [-0.4, -0.2) is 56.2 Å². The number of hydrogen-bond donors (Lipinski definition) is 2. The average Bonchev–Trinajstić information content (AvgIpc) is 2.95. The molecule has 2 unspecified atom stereocenters. The molecule has 1 fully saturated rings. The Bertz CT molecular complexity index is 544. The van der Waals surface area contributed by atoms with Gasteiger partial charge in [-0.1, -0.05) is 6.07 Å². The number of likely N-dealkylation sites (tertiary alicyclic amines) is 1. The summed E-state index contributed by atoms with van der Waals surface area (Å²) in [6, 6.07) is 6.75. The summed E-state index contributed by atoms with van der Waals surface area (Å²) >= 11 is 0. The van der Waals surface area contributed by atoms with E-state index >= 15 is 0 Å². The Morgan fingerprint density at radius 2 is 2.24 bits per heavy atom. The third-order valence-corrected chi connectivity index (χ3v) is 4.16. The smallest absolute Gasteiger partial charge is 0.191 e. The minimum absolute atomic E-state index is 0. The molecule has 1 aromatic rings. The Morgan fingerprint density at radius 1 is 1.44 bits per heavy atom. The van der Waals surface area contributed by atoms with E-state index in [1.807, 2.05) is 13.8 Å². The number of benzene rings is 1. The molecule has 7 heteroatoms. The molecule has 1 aliphatic rings. The van der Waals surface area contributed by atoms with Crippen molar-refractivity contribution in [1.29, 1.82) is 0 Å². The molecule has 1 heterocycles. The number of aliphatic imine (C=N–C) groups is 1. The number of ether oxygens (including phenoxy) is 1. The highest BCUT2D eigenvalue weighted by atomic mass is 127. The van der Waals surface area contributed by atoms with E-state index in [2.05, 4.69) is 27.6 Å². The molecule has 0 aliphatic carbocycles. The van der Waals surface area contributed by atoms with E-state index in [4.69, 9.17) is 4.74 Å². The maximum absolute atomic E-state index is 13.2. The van der Waals surface area contributed by atoms with E-state index in [9.17, 15) is 4.39 Å². The van der Waals surface area contributed by atoms with Crippen LogP contribution in [0.4, 0.5) is 4.39 Å². The van der Waals surface area contributed by atoms with Crippen LogP contribution in [0.15, 0.2) is 29.3 Å². The van der Waals surface area contributed by atoms with Gasteiger partial charge in [0.15, 0.2) is 5.96 Å². The highest BCUT2D eigenvalue weighted by molar-refractivity contribution is 14.0. The van der Waals surface area contributed by atoms with Gasteiger partial charge in [0.2, 0.25) is 0 Å². The number of nitrogens with zero attached hydrogens (tertiary/aromatic N) is 2. The summed E-state index contributed by atoms with van der Waals surface area (Å²) in [7, 11) is 2.16. The topological polar surface area (TPSA) is 48.9 Å². The van der Waals surface area contributed by atoms with Gasteiger partial charge in [-0.25, -0.2) is 9.38 Å². The molecule has 25 heavy (non-hydrogen) atoms. The van der Waals surface area contributed by atoms with Gasteiger partial charge >= 0.3 is 0 Å². The number of likely N-dealkylation sites (N-methyl/N-ethyl adjacent to an activating group) is 1. The van der Waals surface area contributed by atoms with Crippen molar-refractivity contribution in [2.45, 2.75) is 38.8 Å². The molecule has 2 atom stereocenters. The van der Waals surface area contributed by atoms with Gasteiger partial charge in [-0.3, -0.25) is 0 Å². The number of hydrogen-bond acceptors (Lipinski definition) is 3. The predicted molar refractivity (Wildman–Crippen MR) is 112 cm³/mol. The first-order valence-electron chi connectivity index (χ1n) is 8.73. The highest BCUT2D eigenvalue weighted by Gasteiger charge is 2.20. The largest absolute Gasteiger partial charge is 0.489 e. The Labute approximate surface area is 167 Å². The van der Waals surface area contributed by atoms with Gasteiger partial charge in [0.05, 0.1) is 6.54 Å². The summed E-state index contributed by atoms with van der Waals surface area (Å²) in [6.07, 6.45) is 2.35. The first-order valence-corrected chi connectivity index (χ1v) is 8.73. The number of nitrogens with one attached hydrogen (secondary N) is 2. The molecular weight excluding hydrogens is 434 g/mol. The van der Waals surface area contributed by atoms with Gasteiger partial charge in [0, 0.05) is 25.2 Å². The van der Waals surface area contributed by atoms with Crippen molar-refractivity contribution in [3.05, 3.63) is 30.1 Å². The normalized spacial score (nSPS) is 19.2. The van der Waals surface area contributed by atoms with Crippen molar-refractivity contribution >= 4 is 29.9 Å². The van der Waals surface area contributed by atoms with E-state index in [0.29, 0.717) is 18.3 Å². The molecule has 0 radical (unpaired) electrons. The second-order valence-corrected chi connectivity index (χ2v) is 6.26. The maximum Gasteiger partial charge on any atom is 0.191 e. The quantitative estimate of drug-likeness (QED) is 0.370. The molecule has 0 aromatic heterocycles. The maximum atomic E-state index is 13.2. The Kier molecular flexibility index (Phi) is 10.1. The minimum Gasteiger partial charge on any atom is -0.489 e. The van der Waals surface area contributed by atoms with Crippen molar-refractivity contribution in [3.8, 4) is 5.75 Å². The fourth-order valence-corrected chi connectivity index (χ4v) is 2.82. The van der Waals surface area contributed by atoms with Gasteiger partial charge in [-0.2, -0.15) is 0 Å². The van der Waals surface area contributed by atoms with Crippen LogP contribution in [0.1, 0.15) is 26.7 Å². The van der Waals surface area contributed by atoms with Gasteiger partial charge in [0.25, 0.3) is 0 Å². The van der Waals surface area contributed by atoms with Crippen molar-refractivity contribution in [2.24, 2.45) is 4.99 Å². The number of guanidine groups is 1. The van der Waals surface area contributed by atoms with Crippen LogP contribution in [0, 0.1) is 5.82 Å². The number of halogens is 2. The van der Waals surface area contributed by atoms with E-state index in [1.165, 1.54) is 31.5 Å². The molecule has 0 amide bonds. The molecule has 1 saturated heterocycles. The standard InChI is InChI=1S/C18H29FN4O.HI/c1-4-20-18(22-13-16-8-6-10-23(16)3)21-12-14(2)24-17-9-5-7-15(19)11-17;/h5,7,9,11,14,16H,4,6,8,10,12-13H2,1-3H3,(H2,20,21,22);1H. The zero-order chi connectivity index (χ0) is 17.4. The summed E-state index contributed by atoms with van der Waals surface area (Å²) in [5.74, 6) is 1.04. The Hall–Kier alpha value is -1.09. The van der Waals surface area contributed by atoms with E-state index in [-0.39, 0.29) is 35.9 Å². The van der Waals surface area contributed by atoms with Crippen molar-refractivity contribution in [3.63, 3.8) is 0 Å². The molecule has 0 bridgehead atoms. The van der Waals surface area contributed by atoms with Crippen LogP contribution < -0.4 is 15.4 Å². The van der Waals surface area contributed by atoms with Crippen LogP contribution in [0.5, 0.6) is 5.75 Å². The van der Waals surface area contributed by atoms with Crippen LogP contribution >= 0.6 is 24.0 Å². The second-order valence-electron chi connectivity index (χ2n) is 6.26. The summed E-state index contributed by atoms with van der Waals surface area (Å²) in [4.78, 5) is 6.96. The number of rotatable bonds is 7. The monoisotopic (exact) mass is 464 g/mol. The lowest BCUT2D eigenvalue weighted by Crippen LogP contribution is -2.44. The third-order valence-electron chi connectivity index (χ3n) is 4.16. The van der Waals surface area contributed by atoms with Crippen LogP contribution in [0.25, 0.3) is 0 Å².